The van der Waals surface area contributed by atoms with Crippen molar-refractivity contribution in [3.05, 3.63) is 0 Å². The number of hydrogen-bond acceptors (Lipinski definition) is 4. The van der Waals surface area contributed by atoms with E-state index in [4.69, 9.17) is 5.73 Å². The summed E-state index contributed by atoms with van der Waals surface area (Å²) in [6.07, 6.45) is 4.54. The predicted octanol–water partition coefficient (Wildman–Crippen LogP) is 0.0408. The Kier molecular flexibility index (Phi) is 9.70. The summed E-state index contributed by atoms with van der Waals surface area (Å²) < 4.78 is 0. The Labute approximate surface area is 73.2 Å². The minimum atomic E-state index is 0.599. The van der Waals surface area contributed by atoms with Crippen LogP contribution in [0.3, 0.4) is 0 Å². The van der Waals surface area contributed by atoms with Crippen molar-refractivity contribution in [1.29, 1.82) is 0 Å². The van der Waals surface area contributed by atoms with Crippen LogP contribution >= 0.6 is 0 Å². The van der Waals surface area contributed by atoms with Crippen molar-refractivity contribution in [1.82, 2.24) is 5.32 Å². The first kappa shape index (κ1) is 11.3. The maximum absolute atomic E-state index is 9.66. The van der Waals surface area contributed by atoms with Gasteiger partial charge in [0.15, 0.2) is 0 Å². The van der Waals surface area contributed by atoms with E-state index in [0.29, 0.717) is 6.54 Å². The van der Waals surface area contributed by atoms with Gasteiger partial charge in [0, 0.05) is 0 Å². The summed E-state index contributed by atoms with van der Waals surface area (Å²) in [5.41, 5.74) is 5.31. The minimum absolute atomic E-state index is 0.599. The molecule has 4 nitrogen and oxygen atoms in total. The Bertz CT molecular complexity index is 132. The molecule has 0 heterocycles. The van der Waals surface area contributed by atoms with Crippen LogP contribution in [0.25, 0.3) is 0 Å². The molecule has 0 atom stereocenters. The van der Waals surface area contributed by atoms with Crippen LogP contribution in [0.15, 0.2) is 4.99 Å². The summed E-state index contributed by atoms with van der Waals surface area (Å²) in [6, 6.07) is 0. The average molecular weight is 171 g/mol. The molecule has 0 aliphatic carbocycles. The van der Waals surface area contributed by atoms with Crippen molar-refractivity contribution >= 4 is 6.08 Å². The van der Waals surface area contributed by atoms with Gasteiger partial charge in [-0.15, -0.1) is 0 Å². The van der Waals surface area contributed by atoms with Gasteiger partial charge in [-0.2, -0.15) is 0 Å². The van der Waals surface area contributed by atoms with Crippen molar-refractivity contribution in [3.63, 3.8) is 0 Å². The third-order valence-corrected chi connectivity index (χ3v) is 1.50. The van der Waals surface area contributed by atoms with Crippen LogP contribution in [0.5, 0.6) is 0 Å². The predicted molar refractivity (Wildman–Crippen MR) is 48.8 cm³/mol. The first-order chi connectivity index (χ1) is 5.91. The Morgan fingerprint density at radius 2 is 2.00 bits per heavy atom. The lowest BCUT2D eigenvalue weighted by Crippen LogP contribution is -2.19. The van der Waals surface area contributed by atoms with Gasteiger partial charge in [0.2, 0.25) is 6.08 Å². The van der Waals surface area contributed by atoms with E-state index in [-0.39, 0.29) is 0 Å². The molecule has 70 valence electrons. The third kappa shape index (κ3) is 9.30. The molecule has 0 aromatic heterocycles. The summed E-state index contributed by atoms with van der Waals surface area (Å²) in [5, 5.41) is 3.24. The molecule has 4 heteroatoms. The van der Waals surface area contributed by atoms with Gasteiger partial charge < -0.3 is 11.1 Å². The quantitative estimate of drug-likeness (QED) is 0.308. The molecular formula is C8H17N3O. The molecule has 0 radical (unpaired) electrons. The van der Waals surface area contributed by atoms with Crippen molar-refractivity contribution < 1.29 is 4.79 Å². The number of nitrogens with one attached hydrogen (secondary N) is 1. The summed E-state index contributed by atoms with van der Waals surface area (Å²) >= 11 is 0. The van der Waals surface area contributed by atoms with Gasteiger partial charge in [0.1, 0.15) is 0 Å². The van der Waals surface area contributed by atoms with Gasteiger partial charge >= 0.3 is 0 Å². The van der Waals surface area contributed by atoms with Gasteiger partial charge in [-0.05, 0) is 38.9 Å². The minimum Gasteiger partial charge on any atom is -0.330 e. The molecule has 0 saturated heterocycles. The second kappa shape index (κ2) is 10.3. The van der Waals surface area contributed by atoms with Crippen LogP contribution < -0.4 is 11.1 Å². The summed E-state index contributed by atoms with van der Waals surface area (Å²) in [7, 11) is 0. The van der Waals surface area contributed by atoms with E-state index in [0.717, 1.165) is 38.9 Å². The highest BCUT2D eigenvalue weighted by molar-refractivity contribution is 5.32. The molecule has 0 bridgehead atoms. The van der Waals surface area contributed by atoms with Crippen molar-refractivity contribution in [3.8, 4) is 0 Å². The number of isocyanates is 1. The van der Waals surface area contributed by atoms with Crippen molar-refractivity contribution in [2.75, 3.05) is 26.2 Å². The lowest BCUT2D eigenvalue weighted by Gasteiger charge is -2.01. The van der Waals surface area contributed by atoms with Gasteiger partial charge in [-0.25, -0.2) is 9.79 Å². The first-order valence-corrected chi connectivity index (χ1v) is 4.36. The second-order valence-corrected chi connectivity index (χ2v) is 2.57. The monoisotopic (exact) mass is 171 g/mol. The van der Waals surface area contributed by atoms with Gasteiger partial charge in [-0.3, -0.25) is 0 Å². The number of carbonyl (C=O) groups excluding carboxylic acids is 1. The fourth-order valence-corrected chi connectivity index (χ4v) is 0.839. The number of nitrogens with zero attached hydrogens (tertiary/aromatic N) is 1. The smallest absolute Gasteiger partial charge is 0.234 e. The highest BCUT2D eigenvalue weighted by Gasteiger charge is 1.87. The van der Waals surface area contributed by atoms with E-state index in [9.17, 15) is 4.79 Å². The summed E-state index contributed by atoms with van der Waals surface area (Å²) in [5.74, 6) is 0. The highest BCUT2D eigenvalue weighted by Crippen LogP contribution is 1.86. The Morgan fingerprint density at radius 3 is 2.67 bits per heavy atom. The Morgan fingerprint density at radius 1 is 1.25 bits per heavy atom. The molecule has 0 aliphatic rings. The van der Waals surface area contributed by atoms with E-state index in [2.05, 4.69) is 10.3 Å². The molecule has 0 saturated carbocycles. The number of nitrogens with two attached hydrogens (primary N) is 1. The Hall–Kier alpha value is -0.700. The van der Waals surface area contributed by atoms with Crippen molar-refractivity contribution in [2.45, 2.75) is 19.3 Å². The van der Waals surface area contributed by atoms with E-state index in [1.165, 1.54) is 6.08 Å². The maximum atomic E-state index is 9.66. The van der Waals surface area contributed by atoms with E-state index >= 15 is 0 Å². The molecule has 0 aliphatic heterocycles. The summed E-state index contributed by atoms with van der Waals surface area (Å²) in [6.45, 7) is 3.30. The molecule has 0 amide bonds. The molecule has 0 spiro atoms. The SMILES string of the molecule is NCCCNCCCCN=C=O. The van der Waals surface area contributed by atoms with Crippen LogP contribution in [0.1, 0.15) is 19.3 Å². The zero-order valence-electron chi connectivity index (χ0n) is 7.38. The van der Waals surface area contributed by atoms with Crippen LogP contribution in [0.2, 0.25) is 0 Å². The fraction of sp³-hybridized carbons (Fsp3) is 0.875. The normalized spacial score (nSPS) is 9.42. The first-order valence-electron chi connectivity index (χ1n) is 4.36. The van der Waals surface area contributed by atoms with Crippen LogP contribution in [0, 0.1) is 0 Å². The van der Waals surface area contributed by atoms with Gasteiger partial charge in [0.25, 0.3) is 0 Å². The van der Waals surface area contributed by atoms with E-state index in [1.807, 2.05) is 0 Å². The zero-order chi connectivity index (χ0) is 9.07. The third-order valence-electron chi connectivity index (χ3n) is 1.50. The van der Waals surface area contributed by atoms with E-state index < -0.39 is 0 Å². The molecule has 12 heavy (non-hydrogen) atoms. The largest absolute Gasteiger partial charge is 0.330 e. The Balaban J connectivity index is 2.86. The lowest BCUT2D eigenvalue weighted by molar-refractivity contribution is 0.560. The molecule has 0 aromatic rings. The highest BCUT2D eigenvalue weighted by atomic mass is 16.1. The van der Waals surface area contributed by atoms with Crippen LogP contribution in [-0.2, 0) is 4.79 Å². The number of rotatable bonds is 8. The van der Waals surface area contributed by atoms with E-state index in [1.54, 1.807) is 0 Å². The molecule has 0 fully saturated rings. The summed E-state index contributed by atoms with van der Waals surface area (Å²) in [4.78, 5) is 13.1. The standard InChI is InChI=1S/C8H17N3O/c9-4-3-7-10-5-1-2-6-11-8-12/h10H,1-7,9H2. The second-order valence-electron chi connectivity index (χ2n) is 2.57. The average Bonchev–Trinajstić information content (AvgIpc) is 2.10. The molecule has 3 N–H and O–H groups in total. The van der Waals surface area contributed by atoms with Gasteiger partial charge in [0.05, 0.1) is 6.54 Å². The molecule has 0 rings (SSSR count). The molecule has 0 unspecified atom stereocenters. The van der Waals surface area contributed by atoms with Crippen LogP contribution in [0.4, 0.5) is 0 Å². The van der Waals surface area contributed by atoms with Crippen molar-refractivity contribution in [2.24, 2.45) is 10.7 Å². The molecular weight excluding hydrogens is 154 g/mol. The topological polar surface area (TPSA) is 67.5 Å². The zero-order valence-corrected chi connectivity index (χ0v) is 7.38. The number of hydrogen-bond donors (Lipinski definition) is 2. The van der Waals surface area contributed by atoms with Crippen LogP contribution in [-0.4, -0.2) is 32.3 Å². The lowest BCUT2D eigenvalue weighted by atomic mass is 10.3. The number of unbranched alkanes of at least 4 members (excludes halogenated alkanes) is 1. The number of aliphatic imine (C=N–C) groups is 1. The molecule has 0 aromatic carbocycles. The fourth-order valence-electron chi connectivity index (χ4n) is 0.839. The van der Waals surface area contributed by atoms with Gasteiger partial charge in [-0.1, -0.05) is 0 Å². The maximum Gasteiger partial charge on any atom is 0.234 e.